The van der Waals surface area contributed by atoms with Crippen molar-refractivity contribution in [3.05, 3.63) is 35.4 Å². The molecule has 1 unspecified atom stereocenters. The quantitative estimate of drug-likeness (QED) is 0.845. The minimum absolute atomic E-state index is 0.292. The van der Waals surface area contributed by atoms with Crippen LogP contribution in [-0.2, 0) is 19.6 Å². The van der Waals surface area contributed by atoms with Crippen molar-refractivity contribution in [2.45, 2.75) is 59.8 Å². The molecule has 110 valence electrons. The smallest absolute Gasteiger partial charge is 0.0641 e. The van der Waals surface area contributed by atoms with E-state index in [4.69, 9.17) is 0 Å². The third-order valence-electron chi connectivity index (χ3n) is 3.60. The van der Waals surface area contributed by atoms with Gasteiger partial charge in [-0.05, 0) is 33.3 Å². The van der Waals surface area contributed by atoms with Crippen LogP contribution in [0.5, 0.6) is 0 Å². The van der Waals surface area contributed by atoms with Gasteiger partial charge in [-0.15, -0.1) is 0 Å². The Labute approximate surface area is 121 Å². The molecule has 20 heavy (non-hydrogen) atoms. The van der Waals surface area contributed by atoms with Crippen molar-refractivity contribution in [3.63, 3.8) is 0 Å². The maximum atomic E-state index is 4.50. The minimum Gasteiger partial charge on any atom is -0.304 e. The number of aromatic nitrogens is 4. The van der Waals surface area contributed by atoms with E-state index in [9.17, 15) is 0 Å². The van der Waals surface area contributed by atoms with E-state index in [1.54, 1.807) is 0 Å². The zero-order valence-electron chi connectivity index (χ0n) is 12.9. The second kappa shape index (κ2) is 6.70. The highest BCUT2D eigenvalue weighted by Crippen LogP contribution is 2.16. The van der Waals surface area contributed by atoms with Crippen LogP contribution in [0.4, 0.5) is 0 Å². The Morgan fingerprint density at radius 1 is 1.35 bits per heavy atom. The lowest BCUT2D eigenvalue weighted by Gasteiger charge is -2.14. The van der Waals surface area contributed by atoms with Crippen LogP contribution in [0.2, 0.25) is 0 Å². The molecule has 0 aliphatic carbocycles. The summed E-state index contributed by atoms with van der Waals surface area (Å²) in [4.78, 5) is 0. The van der Waals surface area contributed by atoms with Crippen LogP contribution in [0.3, 0.4) is 0 Å². The zero-order chi connectivity index (χ0) is 14.5. The molecule has 0 aliphatic rings. The van der Waals surface area contributed by atoms with E-state index in [2.05, 4.69) is 60.2 Å². The molecular formula is C15H25N5. The van der Waals surface area contributed by atoms with Gasteiger partial charge in [0.2, 0.25) is 0 Å². The van der Waals surface area contributed by atoms with Crippen molar-refractivity contribution in [3.8, 4) is 0 Å². The summed E-state index contributed by atoms with van der Waals surface area (Å²) in [5, 5.41) is 12.4. The van der Waals surface area contributed by atoms with Crippen LogP contribution in [0.15, 0.2) is 18.5 Å². The second-order valence-electron chi connectivity index (χ2n) is 5.17. The Bertz CT molecular complexity index is 540. The molecule has 0 amide bonds. The standard InChI is InChI=1S/C15H25N5/c1-5-9-20-14(7-8-17-20)10-16-12(3)15-11-19(6-2)18-13(15)4/h7-8,11-12,16H,5-6,9-10H2,1-4H3. The van der Waals surface area contributed by atoms with Gasteiger partial charge in [0.1, 0.15) is 0 Å². The first kappa shape index (κ1) is 14.8. The lowest BCUT2D eigenvalue weighted by Crippen LogP contribution is -2.20. The predicted molar refractivity (Wildman–Crippen MR) is 80.4 cm³/mol. The Morgan fingerprint density at radius 2 is 2.15 bits per heavy atom. The van der Waals surface area contributed by atoms with E-state index < -0.39 is 0 Å². The second-order valence-corrected chi connectivity index (χ2v) is 5.17. The summed E-state index contributed by atoms with van der Waals surface area (Å²) in [7, 11) is 0. The molecule has 1 atom stereocenters. The fourth-order valence-electron chi connectivity index (χ4n) is 2.41. The van der Waals surface area contributed by atoms with E-state index in [0.29, 0.717) is 6.04 Å². The largest absolute Gasteiger partial charge is 0.304 e. The summed E-state index contributed by atoms with van der Waals surface area (Å²) >= 11 is 0. The molecular weight excluding hydrogens is 250 g/mol. The van der Waals surface area contributed by atoms with Crippen molar-refractivity contribution in [1.29, 1.82) is 0 Å². The van der Waals surface area contributed by atoms with Crippen molar-refractivity contribution < 1.29 is 0 Å². The molecule has 5 nitrogen and oxygen atoms in total. The molecule has 2 rings (SSSR count). The first-order valence-electron chi connectivity index (χ1n) is 7.43. The van der Waals surface area contributed by atoms with Gasteiger partial charge in [-0.1, -0.05) is 6.92 Å². The van der Waals surface area contributed by atoms with Gasteiger partial charge in [-0.25, -0.2) is 0 Å². The van der Waals surface area contributed by atoms with Crippen molar-refractivity contribution in [2.75, 3.05) is 0 Å². The summed E-state index contributed by atoms with van der Waals surface area (Å²) in [6.45, 7) is 11.3. The Hall–Kier alpha value is -1.62. The number of hydrogen-bond donors (Lipinski definition) is 1. The van der Waals surface area contributed by atoms with Crippen LogP contribution in [0, 0.1) is 6.92 Å². The molecule has 2 aromatic heterocycles. The number of rotatable bonds is 7. The van der Waals surface area contributed by atoms with Crippen LogP contribution >= 0.6 is 0 Å². The first-order valence-corrected chi connectivity index (χ1v) is 7.43. The maximum absolute atomic E-state index is 4.50. The molecule has 1 N–H and O–H groups in total. The summed E-state index contributed by atoms with van der Waals surface area (Å²) in [5.41, 5.74) is 3.61. The summed E-state index contributed by atoms with van der Waals surface area (Å²) in [6, 6.07) is 2.37. The van der Waals surface area contributed by atoms with Gasteiger partial charge in [0.15, 0.2) is 0 Å². The summed E-state index contributed by atoms with van der Waals surface area (Å²) in [5.74, 6) is 0. The SMILES string of the molecule is CCCn1nccc1CNC(C)c1cn(CC)nc1C. The highest BCUT2D eigenvalue weighted by Gasteiger charge is 2.12. The molecule has 0 saturated heterocycles. The predicted octanol–water partition coefficient (Wildman–Crippen LogP) is 2.67. The lowest BCUT2D eigenvalue weighted by molar-refractivity contribution is 0.515. The van der Waals surface area contributed by atoms with Crippen LogP contribution < -0.4 is 5.32 Å². The highest BCUT2D eigenvalue weighted by molar-refractivity contribution is 5.19. The maximum Gasteiger partial charge on any atom is 0.0641 e. The molecule has 2 aromatic rings. The molecule has 5 heteroatoms. The van der Waals surface area contributed by atoms with Gasteiger partial charge in [-0.2, -0.15) is 10.2 Å². The zero-order valence-corrected chi connectivity index (χ0v) is 12.9. The van der Waals surface area contributed by atoms with Crippen molar-refractivity contribution >= 4 is 0 Å². The normalized spacial score (nSPS) is 12.8. The van der Waals surface area contributed by atoms with E-state index >= 15 is 0 Å². The Kier molecular flexibility index (Phi) is 4.95. The van der Waals surface area contributed by atoms with Gasteiger partial charge in [0.25, 0.3) is 0 Å². The molecule has 0 saturated carbocycles. The highest BCUT2D eigenvalue weighted by atomic mass is 15.3. The van der Waals surface area contributed by atoms with E-state index in [-0.39, 0.29) is 0 Å². The third kappa shape index (κ3) is 3.28. The Balaban J connectivity index is 1.99. The molecule has 2 heterocycles. The molecule has 0 bridgehead atoms. The van der Waals surface area contributed by atoms with Crippen molar-refractivity contribution in [1.82, 2.24) is 24.9 Å². The van der Waals surface area contributed by atoms with E-state index in [1.165, 1.54) is 11.3 Å². The molecule has 0 aromatic carbocycles. The fraction of sp³-hybridized carbons (Fsp3) is 0.600. The van der Waals surface area contributed by atoms with Crippen LogP contribution in [0.1, 0.15) is 50.2 Å². The lowest BCUT2D eigenvalue weighted by atomic mass is 10.1. The summed E-state index contributed by atoms with van der Waals surface area (Å²) in [6.07, 6.45) is 5.11. The number of hydrogen-bond acceptors (Lipinski definition) is 3. The number of aryl methyl sites for hydroxylation is 3. The number of nitrogens with zero attached hydrogens (tertiary/aromatic N) is 4. The van der Waals surface area contributed by atoms with Gasteiger partial charge < -0.3 is 5.32 Å². The van der Waals surface area contributed by atoms with Gasteiger partial charge in [-0.3, -0.25) is 9.36 Å². The van der Waals surface area contributed by atoms with Crippen LogP contribution in [0.25, 0.3) is 0 Å². The third-order valence-corrected chi connectivity index (χ3v) is 3.60. The average Bonchev–Trinajstić information content (AvgIpc) is 3.03. The minimum atomic E-state index is 0.292. The molecule has 0 spiro atoms. The first-order chi connectivity index (χ1) is 9.65. The van der Waals surface area contributed by atoms with E-state index in [1.807, 2.05) is 10.9 Å². The molecule has 0 fully saturated rings. The molecule has 0 radical (unpaired) electrons. The Morgan fingerprint density at radius 3 is 2.80 bits per heavy atom. The van der Waals surface area contributed by atoms with Crippen LogP contribution in [-0.4, -0.2) is 19.6 Å². The van der Waals surface area contributed by atoms with Gasteiger partial charge in [0.05, 0.1) is 11.4 Å². The van der Waals surface area contributed by atoms with Crippen molar-refractivity contribution in [2.24, 2.45) is 0 Å². The van der Waals surface area contributed by atoms with E-state index in [0.717, 1.165) is 31.7 Å². The van der Waals surface area contributed by atoms with Gasteiger partial charge >= 0.3 is 0 Å². The summed E-state index contributed by atoms with van der Waals surface area (Å²) < 4.78 is 4.06. The molecule has 0 aliphatic heterocycles. The van der Waals surface area contributed by atoms with Gasteiger partial charge in [0, 0.05) is 43.6 Å². The fourth-order valence-corrected chi connectivity index (χ4v) is 2.41. The monoisotopic (exact) mass is 275 g/mol. The number of nitrogens with one attached hydrogen (secondary N) is 1. The topological polar surface area (TPSA) is 47.7 Å². The average molecular weight is 275 g/mol.